The van der Waals surface area contributed by atoms with Gasteiger partial charge >= 0.3 is 5.97 Å². The van der Waals surface area contributed by atoms with Crippen LogP contribution < -0.4 is 15.8 Å². The zero-order valence-electron chi connectivity index (χ0n) is 10.4. The second-order valence-electron chi connectivity index (χ2n) is 4.45. The molecule has 0 spiro atoms. The molecule has 1 amide bonds. The number of carboxylic acid groups (broad SMARTS) is 1. The summed E-state index contributed by atoms with van der Waals surface area (Å²) in [7, 11) is 0. The molecule has 102 valence electrons. The third kappa shape index (κ3) is 3.15. The van der Waals surface area contributed by atoms with E-state index in [4.69, 9.17) is 15.6 Å². The molecular formula is C13H16N2O4. The van der Waals surface area contributed by atoms with E-state index < -0.39 is 12.1 Å². The molecule has 1 heterocycles. The molecule has 1 atom stereocenters. The van der Waals surface area contributed by atoms with E-state index in [1.54, 1.807) is 6.07 Å². The quantitative estimate of drug-likeness (QED) is 0.707. The second-order valence-corrected chi connectivity index (χ2v) is 4.45. The minimum absolute atomic E-state index is 0.0305. The predicted molar refractivity (Wildman–Crippen MR) is 69.1 cm³/mol. The third-order valence-electron chi connectivity index (χ3n) is 2.99. The summed E-state index contributed by atoms with van der Waals surface area (Å²) in [4.78, 5) is 22.9. The van der Waals surface area contributed by atoms with E-state index in [9.17, 15) is 9.59 Å². The average Bonchev–Trinajstić information content (AvgIpc) is 2.57. The van der Waals surface area contributed by atoms with Crippen LogP contribution in [0.1, 0.15) is 29.6 Å². The highest BCUT2D eigenvalue weighted by Crippen LogP contribution is 2.24. The van der Waals surface area contributed by atoms with Gasteiger partial charge in [0.25, 0.3) is 5.91 Å². The average molecular weight is 264 g/mol. The number of rotatable bonds is 3. The van der Waals surface area contributed by atoms with Gasteiger partial charge in [0.1, 0.15) is 11.3 Å². The summed E-state index contributed by atoms with van der Waals surface area (Å²) in [5.41, 5.74) is 5.86. The van der Waals surface area contributed by atoms with Gasteiger partial charge in [0.2, 0.25) is 0 Å². The Hall–Kier alpha value is -2.24. The fourth-order valence-corrected chi connectivity index (χ4v) is 1.99. The van der Waals surface area contributed by atoms with Crippen molar-refractivity contribution in [2.24, 2.45) is 0 Å². The first-order valence-electron chi connectivity index (χ1n) is 6.15. The number of hydrogen-bond acceptors (Lipinski definition) is 4. The van der Waals surface area contributed by atoms with Gasteiger partial charge in [-0.25, -0.2) is 4.79 Å². The second kappa shape index (κ2) is 5.60. The number of nitrogens with two attached hydrogens (primary N) is 1. The Morgan fingerprint density at radius 2 is 2.21 bits per heavy atom. The van der Waals surface area contributed by atoms with Crippen LogP contribution in [0.25, 0.3) is 0 Å². The van der Waals surface area contributed by atoms with Crippen LogP contribution in [-0.4, -0.2) is 29.6 Å². The zero-order chi connectivity index (χ0) is 13.8. The molecule has 1 aromatic rings. The van der Waals surface area contributed by atoms with Crippen LogP contribution in [-0.2, 0) is 4.79 Å². The van der Waals surface area contributed by atoms with Gasteiger partial charge in [0, 0.05) is 12.2 Å². The summed E-state index contributed by atoms with van der Waals surface area (Å²) in [5, 5.41) is 11.8. The standard InChI is InChI=1S/C13H16N2O4/c14-8-4-5-10(9(7-8)13(17)18)19-11-3-1-2-6-15-12(11)16/h4-5,7,11H,1-3,6,14H2,(H,15,16)(H,17,18). The summed E-state index contributed by atoms with van der Waals surface area (Å²) in [5.74, 6) is -1.16. The minimum Gasteiger partial charge on any atom is -0.480 e. The number of nitrogen functional groups attached to an aromatic ring is 1. The van der Waals surface area contributed by atoms with Crippen molar-refractivity contribution in [2.45, 2.75) is 25.4 Å². The molecule has 6 heteroatoms. The van der Waals surface area contributed by atoms with E-state index >= 15 is 0 Å². The highest BCUT2D eigenvalue weighted by atomic mass is 16.5. The van der Waals surface area contributed by atoms with Crippen LogP contribution in [0.15, 0.2) is 18.2 Å². The third-order valence-corrected chi connectivity index (χ3v) is 2.99. The van der Waals surface area contributed by atoms with Crippen molar-refractivity contribution in [3.05, 3.63) is 23.8 Å². The Kier molecular flexibility index (Phi) is 3.89. The maximum Gasteiger partial charge on any atom is 0.339 e. The molecule has 2 rings (SSSR count). The van der Waals surface area contributed by atoms with Crippen molar-refractivity contribution in [3.8, 4) is 5.75 Å². The van der Waals surface area contributed by atoms with Crippen molar-refractivity contribution < 1.29 is 19.4 Å². The molecule has 6 nitrogen and oxygen atoms in total. The fraction of sp³-hybridized carbons (Fsp3) is 0.385. The van der Waals surface area contributed by atoms with E-state index in [0.29, 0.717) is 18.7 Å². The Bertz CT molecular complexity index is 501. The Morgan fingerprint density at radius 3 is 2.95 bits per heavy atom. The molecule has 4 N–H and O–H groups in total. The molecule has 1 fully saturated rings. The lowest BCUT2D eigenvalue weighted by Crippen LogP contribution is -2.36. The van der Waals surface area contributed by atoms with Gasteiger partial charge in [-0.05, 0) is 37.5 Å². The molecule has 0 saturated carbocycles. The summed E-state index contributed by atoms with van der Waals surface area (Å²) < 4.78 is 5.55. The van der Waals surface area contributed by atoms with E-state index in [0.717, 1.165) is 12.8 Å². The number of nitrogens with one attached hydrogen (secondary N) is 1. The van der Waals surface area contributed by atoms with E-state index in [-0.39, 0.29) is 17.2 Å². The number of amides is 1. The molecular weight excluding hydrogens is 248 g/mol. The smallest absolute Gasteiger partial charge is 0.339 e. The van der Waals surface area contributed by atoms with Gasteiger partial charge in [0.05, 0.1) is 0 Å². The van der Waals surface area contributed by atoms with Gasteiger partial charge in [-0.1, -0.05) is 0 Å². The van der Waals surface area contributed by atoms with Gasteiger partial charge in [-0.15, -0.1) is 0 Å². The van der Waals surface area contributed by atoms with Crippen LogP contribution in [0, 0.1) is 0 Å². The number of anilines is 1. The fourth-order valence-electron chi connectivity index (χ4n) is 1.99. The Labute approximate surface area is 110 Å². The van der Waals surface area contributed by atoms with Gasteiger partial charge in [0.15, 0.2) is 6.10 Å². The summed E-state index contributed by atoms with van der Waals surface area (Å²) >= 11 is 0. The summed E-state index contributed by atoms with van der Waals surface area (Å²) in [6.45, 7) is 0.631. The number of carbonyl (C=O) groups excluding carboxylic acids is 1. The minimum atomic E-state index is -1.13. The molecule has 0 bridgehead atoms. The number of hydrogen-bond donors (Lipinski definition) is 3. The van der Waals surface area contributed by atoms with Crippen molar-refractivity contribution in [3.63, 3.8) is 0 Å². The normalized spacial score (nSPS) is 19.4. The van der Waals surface area contributed by atoms with Gasteiger partial charge in [-0.2, -0.15) is 0 Å². The lowest BCUT2D eigenvalue weighted by molar-refractivity contribution is -0.127. The number of benzene rings is 1. The first-order chi connectivity index (χ1) is 9.08. The molecule has 1 unspecified atom stereocenters. The molecule has 1 aromatic carbocycles. The maximum absolute atomic E-state index is 11.8. The lowest BCUT2D eigenvalue weighted by atomic mass is 10.1. The van der Waals surface area contributed by atoms with Crippen LogP contribution in [0.3, 0.4) is 0 Å². The number of carboxylic acids is 1. The number of carbonyl (C=O) groups is 2. The molecule has 1 aliphatic heterocycles. The monoisotopic (exact) mass is 264 g/mol. The van der Waals surface area contributed by atoms with Crippen molar-refractivity contribution >= 4 is 17.6 Å². The maximum atomic E-state index is 11.8. The first-order valence-corrected chi connectivity index (χ1v) is 6.15. The van der Waals surface area contributed by atoms with Crippen LogP contribution in [0.5, 0.6) is 5.75 Å². The molecule has 0 radical (unpaired) electrons. The SMILES string of the molecule is Nc1ccc(OC2CCCCNC2=O)c(C(=O)O)c1. The Balaban J connectivity index is 2.22. The van der Waals surface area contributed by atoms with Crippen molar-refractivity contribution in [1.82, 2.24) is 5.32 Å². The molecule has 0 aromatic heterocycles. The van der Waals surface area contributed by atoms with Crippen LogP contribution >= 0.6 is 0 Å². The number of ether oxygens (including phenoxy) is 1. The topological polar surface area (TPSA) is 102 Å². The first kappa shape index (κ1) is 13.2. The highest BCUT2D eigenvalue weighted by molar-refractivity contribution is 5.92. The van der Waals surface area contributed by atoms with Crippen molar-refractivity contribution in [2.75, 3.05) is 12.3 Å². The van der Waals surface area contributed by atoms with E-state index in [1.165, 1.54) is 12.1 Å². The van der Waals surface area contributed by atoms with Crippen LogP contribution in [0.2, 0.25) is 0 Å². The molecule has 1 aliphatic rings. The lowest BCUT2D eigenvalue weighted by Gasteiger charge is -2.17. The molecule has 1 saturated heterocycles. The largest absolute Gasteiger partial charge is 0.480 e. The van der Waals surface area contributed by atoms with Gasteiger partial charge < -0.3 is 20.9 Å². The van der Waals surface area contributed by atoms with E-state index in [2.05, 4.69) is 5.32 Å². The molecule has 19 heavy (non-hydrogen) atoms. The van der Waals surface area contributed by atoms with E-state index in [1.807, 2.05) is 0 Å². The Morgan fingerprint density at radius 1 is 1.42 bits per heavy atom. The number of aromatic carboxylic acids is 1. The molecule has 0 aliphatic carbocycles. The zero-order valence-corrected chi connectivity index (χ0v) is 10.4. The summed E-state index contributed by atoms with van der Waals surface area (Å²) in [6.07, 6.45) is 1.69. The van der Waals surface area contributed by atoms with Crippen molar-refractivity contribution in [1.29, 1.82) is 0 Å². The van der Waals surface area contributed by atoms with Gasteiger partial charge in [-0.3, -0.25) is 4.79 Å². The predicted octanol–water partition coefficient (Wildman–Crippen LogP) is 1.01. The highest BCUT2D eigenvalue weighted by Gasteiger charge is 2.24. The summed E-state index contributed by atoms with van der Waals surface area (Å²) in [6, 6.07) is 4.36. The van der Waals surface area contributed by atoms with Crippen LogP contribution in [0.4, 0.5) is 5.69 Å².